The number of nitrogens with one attached hydrogen (secondary N) is 3. The second-order valence-corrected chi connectivity index (χ2v) is 6.68. The van der Waals surface area contributed by atoms with Gasteiger partial charge in [0.25, 0.3) is 0 Å². The maximum absolute atomic E-state index is 11.2. The summed E-state index contributed by atoms with van der Waals surface area (Å²) in [5.74, 6) is 4.34. The molecule has 0 radical (unpaired) electrons. The van der Waals surface area contributed by atoms with Crippen molar-refractivity contribution in [2.45, 2.75) is 38.6 Å². The predicted molar refractivity (Wildman–Crippen MR) is 85.2 cm³/mol. The first-order chi connectivity index (χ1) is 9.78. The number of piperidine rings is 1. The molecule has 20 heavy (non-hydrogen) atoms. The third-order valence-corrected chi connectivity index (χ3v) is 4.85. The van der Waals surface area contributed by atoms with Crippen molar-refractivity contribution in [3.05, 3.63) is 0 Å². The summed E-state index contributed by atoms with van der Waals surface area (Å²) in [6, 6.07) is 0.299. The van der Waals surface area contributed by atoms with Gasteiger partial charge in [-0.3, -0.25) is 9.79 Å². The predicted octanol–water partition coefficient (Wildman–Crippen LogP) is 0.963. The molecular formula is C14H26N4OS. The van der Waals surface area contributed by atoms with Gasteiger partial charge in [0, 0.05) is 32.1 Å². The molecular weight excluding hydrogens is 272 g/mol. The summed E-state index contributed by atoms with van der Waals surface area (Å²) >= 11 is 2.05. The highest BCUT2D eigenvalue weighted by molar-refractivity contribution is 7.99. The number of nitrogens with zero attached hydrogens (tertiary/aromatic N) is 1. The number of aliphatic imine (C=N–C) groups is 1. The third kappa shape index (κ3) is 5.23. The SMILES string of the molecule is CCNC(=NCC1CCSCC1)NC1CCC(=O)NC1. The summed E-state index contributed by atoms with van der Waals surface area (Å²) in [4.78, 5) is 15.9. The number of guanidine groups is 1. The molecule has 0 aromatic carbocycles. The van der Waals surface area contributed by atoms with Gasteiger partial charge in [-0.25, -0.2) is 0 Å². The van der Waals surface area contributed by atoms with Gasteiger partial charge in [0.2, 0.25) is 5.91 Å². The fraction of sp³-hybridized carbons (Fsp3) is 0.857. The number of carbonyl (C=O) groups is 1. The lowest BCUT2D eigenvalue weighted by atomic mass is 10.0. The molecule has 0 bridgehead atoms. The first-order valence-corrected chi connectivity index (χ1v) is 8.82. The van der Waals surface area contributed by atoms with E-state index in [-0.39, 0.29) is 5.91 Å². The number of rotatable bonds is 4. The summed E-state index contributed by atoms with van der Waals surface area (Å²) in [6.45, 7) is 4.56. The molecule has 5 nitrogen and oxygen atoms in total. The van der Waals surface area contributed by atoms with E-state index in [1.807, 2.05) is 0 Å². The molecule has 114 valence electrons. The first-order valence-electron chi connectivity index (χ1n) is 7.67. The molecule has 2 aliphatic rings. The van der Waals surface area contributed by atoms with Crippen molar-refractivity contribution >= 4 is 23.6 Å². The van der Waals surface area contributed by atoms with E-state index < -0.39 is 0 Å². The van der Waals surface area contributed by atoms with Gasteiger partial charge >= 0.3 is 0 Å². The molecule has 0 aromatic rings. The lowest BCUT2D eigenvalue weighted by molar-refractivity contribution is -0.122. The topological polar surface area (TPSA) is 65.5 Å². The molecule has 2 aliphatic heterocycles. The summed E-state index contributed by atoms with van der Waals surface area (Å²) in [7, 11) is 0. The van der Waals surface area contributed by atoms with Crippen molar-refractivity contribution < 1.29 is 4.79 Å². The fourth-order valence-electron chi connectivity index (χ4n) is 2.52. The van der Waals surface area contributed by atoms with Gasteiger partial charge in [-0.05, 0) is 43.6 Å². The standard InChI is InChI=1S/C14H26N4OS/c1-2-15-14(17-9-11-5-7-20-8-6-11)18-12-3-4-13(19)16-10-12/h11-12H,2-10H2,1H3,(H,16,19)(H2,15,17,18). The van der Waals surface area contributed by atoms with E-state index in [1.54, 1.807) is 0 Å². The van der Waals surface area contributed by atoms with Crippen LogP contribution >= 0.6 is 11.8 Å². The van der Waals surface area contributed by atoms with Gasteiger partial charge in [0.1, 0.15) is 0 Å². The third-order valence-electron chi connectivity index (χ3n) is 3.80. The lowest BCUT2D eigenvalue weighted by Crippen LogP contribution is -2.51. The second kappa shape index (κ2) is 8.39. The van der Waals surface area contributed by atoms with Gasteiger partial charge in [0.05, 0.1) is 0 Å². The first kappa shape index (κ1) is 15.5. The zero-order valence-electron chi connectivity index (χ0n) is 12.3. The number of thioether (sulfide) groups is 1. The summed E-state index contributed by atoms with van der Waals surface area (Å²) < 4.78 is 0. The van der Waals surface area contributed by atoms with Gasteiger partial charge in [-0.2, -0.15) is 11.8 Å². The summed E-state index contributed by atoms with van der Waals surface area (Å²) in [6.07, 6.45) is 4.06. The van der Waals surface area contributed by atoms with Gasteiger partial charge < -0.3 is 16.0 Å². The van der Waals surface area contributed by atoms with Crippen LogP contribution in [0, 0.1) is 5.92 Å². The van der Waals surface area contributed by atoms with Crippen LogP contribution in [0.4, 0.5) is 0 Å². The van der Waals surface area contributed by atoms with Crippen LogP contribution in [0.25, 0.3) is 0 Å². The van der Waals surface area contributed by atoms with Crippen molar-refractivity contribution in [2.75, 3.05) is 31.1 Å². The molecule has 2 heterocycles. The number of hydrogen-bond donors (Lipinski definition) is 3. The zero-order chi connectivity index (χ0) is 14.2. The molecule has 0 aliphatic carbocycles. The lowest BCUT2D eigenvalue weighted by Gasteiger charge is -2.26. The van der Waals surface area contributed by atoms with E-state index in [0.29, 0.717) is 19.0 Å². The molecule has 6 heteroatoms. The van der Waals surface area contributed by atoms with Crippen LogP contribution in [0.15, 0.2) is 4.99 Å². The van der Waals surface area contributed by atoms with E-state index >= 15 is 0 Å². The second-order valence-electron chi connectivity index (χ2n) is 5.46. The molecule has 1 atom stereocenters. The maximum Gasteiger partial charge on any atom is 0.220 e. The van der Waals surface area contributed by atoms with Crippen molar-refractivity contribution in [2.24, 2.45) is 10.9 Å². The highest BCUT2D eigenvalue weighted by Gasteiger charge is 2.19. The minimum Gasteiger partial charge on any atom is -0.357 e. The number of amides is 1. The monoisotopic (exact) mass is 298 g/mol. The molecule has 0 aromatic heterocycles. The average molecular weight is 298 g/mol. The van der Waals surface area contributed by atoms with Crippen LogP contribution in [-0.4, -0.2) is 49.0 Å². The minimum atomic E-state index is 0.157. The summed E-state index contributed by atoms with van der Waals surface area (Å²) in [5, 5.41) is 9.64. The molecule has 0 spiro atoms. The molecule has 2 saturated heterocycles. The average Bonchev–Trinajstić information content (AvgIpc) is 2.48. The highest BCUT2D eigenvalue weighted by Crippen LogP contribution is 2.22. The number of hydrogen-bond acceptors (Lipinski definition) is 3. The molecule has 1 amide bonds. The Kier molecular flexibility index (Phi) is 6.50. The Morgan fingerprint density at radius 2 is 2.20 bits per heavy atom. The zero-order valence-corrected chi connectivity index (χ0v) is 13.1. The molecule has 1 unspecified atom stereocenters. The Labute approximate surface area is 125 Å². The normalized spacial score (nSPS) is 25.1. The van der Waals surface area contributed by atoms with Crippen LogP contribution < -0.4 is 16.0 Å². The van der Waals surface area contributed by atoms with E-state index in [1.165, 1.54) is 24.3 Å². The van der Waals surface area contributed by atoms with E-state index in [0.717, 1.165) is 31.4 Å². The molecule has 2 fully saturated rings. The van der Waals surface area contributed by atoms with Crippen LogP contribution in [0.1, 0.15) is 32.6 Å². The molecule has 0 saturated carbocycles. The van der Waals surface area contributed by atoms with Crippen LogP contribution in [0.3, 0.4) is 0 Å². The van der Waals surface area contributed by atoms with Crippen molar-refractivity contribution in [3.63, 3.8) is 0 Å². The van der Waals surface area contributed by atoms with Crippen molar-refractivity contribution in [3.8, 4) is 0 Å². The van der Waals surface area contributed by atoms with E-state index in [9.17, 15) is 4.79 Å². The Morgan fingerprint density at radius 1 is 1.40 bits per heavy atom. The highest BCUT2D eigenvalue weighted by atomic mass is 32.2. The Hall–Kier alpha value is -0.910. The fourth-order valence-corrected chi connectivity index (χ4v) is 3.72. The Bertz CT molecular complexity index is 332. The Morgan fingerprint density at radius 3 is 2.85 bits per heavy atom. The van der Waals surface area contributed by atoms with Gasteiger partial charge in [-0.1, -0.05) is 0 Å². The van der Waals surface area contributed by atoms with Crippen molar-refractivity contribution in [1.82, 2.24) is 16.0 Å². The quantitative estimate of drug-likeness (QED) is 0.534. The van der Waals surface area contributed by atoms with Crippen molar-refractivity contribution in [1.29, 1.82) is 0 Å². The molecule has 3 N–H and O–H groups in total. The number of carbonyl (C=O) groups excluding carboxylic acids is 1. The summed E-state index contributed by atoms with van der Waals surface area (Å²) in [5.41, 5.74) is 0. The van der Waals surface area contributed by atoms with Crippen LogP contribution in [0.2, 0.25) is 0 Å². The maximum atomic E-state index is 11.2. The largest absolute Gasteiger partial charge is 0.357 e. The van der Waals surface area contributed by atoms with Gasteiger partial charge in [0.15, 0.2) is 5.96 Å². The van der Waals surface area contributed by atoms with Crippen LogP contribution in [-0.2, 0) is 4.79 Å². The molecule has 2 rings (SSSR count). The van der Waals surface area contributed by atoms with Gasteiger partial charge in [-0.15, -0.1) is 0 Å². The smallest absolute Gasteiger partial charge is 0.220 e. The minimum absolute atomic E-state index is 0.157. The van der Waals surface area contributed by atoms with Crippen LogP contribution in [0.5, 0.6) is 0 Å². The van der Waals surface area contributed by atoms with E-state index in [4.69, 9.17) is 4.99 Å². The Balaban J connectivity index is 1.80. The van der Waals surface area contributed by atoms with E-state index in [2.05, 4.69) is 34.6 Å².